The molecule has 1 aromatic heterocycles. The fourth-order valence-electron chi connectivity index (χ4n) is 4.67. The summed E-state index contributed by atoms with van der Waals surface area (Å²) in [5, 5.41) is 24.6. The lowest BCUT2D eigenvalue weighted by molar-refractivity contribution is -0.154. The molecule has 6 atom stereocenters. The maximum Gasteiger partial charge on any atom is 0.309 e. The number of allylic oxidation sites excluding steroid dienone is 1. The Hall–Kier alpha value is -1.83. The lowest BCUT2D eigenvalue weighted by Gasteiger charge is -2.34. The fourth-order valence-corrected chi connectivity index (χ4v) is 5.24. The van der Waals surface area contributed by atoms with Crippen LogP contribution in [0, 0.1) is 30.1 Å². The number of aryl methyl sites for hydroxylation is 1. The minimum absolute atomic E-state index is 0.0673. The van der Waals surface area contributed by atoms with Crippen molar-refractivity contribution in [3.8, 4) is 0 Å². The number of aliphatic hydroxyl groups is 2. The third-order valence-corrected chi connectivity index (χ3v) is 8.34. The van der Waals surface area contributed by atoms with E-state index >= 15 is 0 Å². The number of ketones is 1. The number of Topliss-reactive ketones (excluding diaryl/α,β-unsaturated/α-hetero) is 1. The van der Waals surface area contributed by atoms with Crippen LogP contribution >= 0.6 is 11.3 Å². The average Bonchev–Trinajstić information content (AvgIpc) is 3.20. The topological polar surface area (TPSA) is 96.7 Å². The first-order valence-corrected chi connectivity index (χ1v) is 13.5. The van der Waals surface area contributed by atoms with Crippen LogP contribution in [-0.2, 0) is 14.3 Å². The van der Waals surface area contributed by atoms with Crippen molar-refractivity contribution in [1.29, 1.82) is 0 Å². The van der Waals surface area contributed by atoms with Crippen molar-refractivity contribution in [2.75, 3.05) is 0 Å². The van der Waals surface area contributed by atoms with E-state index in [9.17, 15) is 19.8 Å². The molecule has 1 saturated heterocycles. The molecule has 2 rings (SSSR count). The van der Waals surface area contributed by atoms with E-state index in [4.69, 9.17) is 4.74 Å². The molecule has 0 unspecified atom stereocenters. The van der Waals surface area contributed by atoms with Gasteiger partial charge in [-0.2, -0.15) is 0 Å². The van der Waals surface area contributed by atoms with Gasteiger partial charge in [0, 0.05) is 11.3 Å². The summed E-state index contributed by atoms with van der Waals surface area (Å²) in [4.78, 5) is 30.6. The van der Waals surface area contributed by atoms with Crippen molar-refractivity contribution >= 4 is 29.2 Å². The third-order valence-electron chi connectivity index (χ3n) is 7.55. The Balaban J connectivity index is 2.34. The van der Waals surface area contributed by atoms with Crippen LogP contribution in [0.1, 0.15) is 84.3 Å². The quantitative estimate of drug-likeness (QED) is 0.406. The fraction of sp³-hybridized carbons (Fsp3) is 0.679. The molecule has 1 aromatic rings. The number of aromatic nitrogens is 1. The number of carbonyl (C=O) groups is 2. The molecule has 7 heteroatoms. The number of esters is 1. The monoisotopic (exact) mass is 505 g/mol. The SMILES string of the molecule is C=C1CCC[C@H](C)[C@H](O)[C@@H](C)C(=O)C(C)(C)[C@@H](O)CC(=O)O[C@H](/C(C)=C/c2csc(C)n2)C[C@@H]1C. The largest absolute Gasteiger partial charge is 0.458 e. The molecule has 6 nitrogen and oxygen atoms in total. The van der Waals surface area contributed by atoms with Gasteiger partial charge in [0.2, 0.25) is 0 Å². The van der Waals surface area contributed by atoms with Crippen LogP contribution < -0.4 is 0 Å². The van der Waals surface area contributed by atoms with E-state index in [0.717, 1.165) is 41.1 Å². The number of thiazole rings is 1. The number of ether oxygens (including phenoxy) is 1. The van der Waals surface area contributed by atoms with Crippen LogP contribution in [0.2, 0.25) is 0 Å². The van der Waals surface area contributed by atoms with Crippen LogP contribution in [-0.4, -0.2) is 45.3 Å². The second kappa shape index (κ2) is 12.4. The summed E-state index contributed by atoms with van der Waals surface area (Å²) in [7, 11) is 0. The molecule has 2 N–H and O–H groups in total. The zero-order valence-corrected chi connectivity index (χ0v) is 23.2. The average molecular weight is 506 g/mol. The molecule has 0 amide bonds. The van der Waals surface area contributed by atoms with Gasteiger partial charge in [0.15, 0.2) is 0 Å². The molecular weight excluding hydrogens is 462 g/mol. The molecule has 0 spiro atoms. The van der Waals surface area contributed by atoms with Gasteiger partial charge in [-0.05, 0) is 63.0 Å². The first-order chi connectivity index (χ1) is 16.2. The lowest BCUT2D eigenvalue weighted by Crippen LogP contribution is -2.45. The van der Waals surface area contributed by atoms with Crippen LogP contribution in [0.4, 0.5) is 0 Å². The normalized spacial score (nSPS) is 32.4. The van der Waals surface area contributed by atoms with E-state index in [-0.39, 0.29) is 24.0 Å². The Kier molecular flexibility index (Phi) is 10.4. The zero-order chi connectivity index (χ0) is 26.5. The highest BCUT2D eigenvalue weighted by molar-refractivity contribution is 7.09. The molecular formula is C28H43NO5S. The molecule has 0 aliphatic carbocycles. The van der Waals surface area contributed by atoms with Gasteiger partial charge in [-0.15, -0.1) is 11.3 Å². The predicted octanol–water partition coefficient (Wildman–Crippen LogP) is 5.51. The number of hydrogen-bond donors (Lipinski definition) is 2. The number of hydrogen-bond acceptors (Lipinski definition) is 7. The van der Waals surface area contributed by atoms with Gasteiger partial charge in [0.25, 0.3) is 0 Å². The Morgan fingerprint density at radius 2 is 1.91 bits per heavy atom. The van der Waals surface area contributed by atoms with Gasteiger partial charge in [-0.1, -0.05) is 46.8 Å². The molecule has 196 valence electrons. The van der Waals surface area contributed by atoms with Crippen molar-refractivity contribution < 1.29 is 24.5 Å². The van der Waals surface area contributed by atoms with Gasteiger partial charge in [-0.3, -0.25) is 9.59 Å². The minimum atomic E-state index is -1.22. The van der Waals surface area contributed by atoms with Crippen molar-refractivity contribution in [3.05, 3.63) is 33.8 Å². The van der Waals surface area contributed by atoms with E-state index < -0.39 is 35.6 Å². The summed E-state index contributed by atoms with van der Waals surface area (Å²) in [6.07, 6.45) is 2.11. The summed E-state index contributed by atoms with van der Waals surface area (Å²) in [6.45, 7) is 17.1. The summed E-state index contributed by atoms with van der Waals surface area (Å²) in [5.74, 6) is -1.42. The molecule has 0 saturated carbocycles. The molecule has 0 bridgehead atoms. The van der Waals surface area contributed by atoms with E-state index in [1.54, 1.807) is 32.1 Å². The summed E-state index contributed by atoms with van der Waals surface area (Å²) in [5.41, 5.74) is 1.58. The van der Waals surface area contributed by atoms with Crippen LogP contribution in [0.25, 0.3) is 6.08 Å². The maximum atomic E-state index is 13.2. The molecule has 1 aliphatic rings. The lowest BCUT2D eigenvalue weighted by atomic mass is 9.73. The summed E-state index contributed by atoms with van der Waals surface area (Å²) in [6, 6.07) is 0. The zero-order valence-electron chi connectivity index (χ0n) is 22.3. The van der Waals surface area contributed by atoms with Gasteiger partial charge >= 0.3 is 5.97 Å². The highest BCUT2D eigenvalue weighted by Gasteiger charge is 2.42. The second-order valence-corrected chi connectivity index (χ2v) is 12.0. The molecule has 35 heavy (non-hydrogen) atoms. The van der Waals surface area contributed by atoms with Crippen molar-refractivity contribution in [1.82, 2.24) is 4.98 Å². The maximum absolute atomic E-state index is 13.2. The molecule has 0 radical (unpaired) electrons. The Morgan fingerprint density at radius 1 is 1.26 bits per heavy atom. The minimum Gasteiger partial charge on any atom is -0.458 e. The van der Waals surface area contributed by atoms with Crippen LogP contribution in [0.15, 0.2) is 23.1 Å². The number of cyclic esters (lactones) is 1. The summed E-state index contributed by atoms with van der Waals surface area (Å²) >= 11 is 1.56. The van der Waals surface area contributed by atoms with E-state index in [1.807, 2.05) is 32.2 Å². The van der Waals surface area contributed by atoms with Crippen LogP contribution in [0.3, 0.4) is 0 Å². The van der Waals surface area contributed by atoms with Crippen molar-refractivity contribution in [2.24, 2.45) is 23.2 Å². The number of nitrogens with zero attached hydrogens (tertiary/aromatic N) is 1. The van der Waals surface area contributed by atoms with E-state index in [1.165, 1.54) is 0 Å². The Bertz CT molecular complexity index is 934. The molecule has 2 heterocycles. The first kappa shape index (κ1) is 29.4. The number of aliphatic hydroxyl groups excluding tert-OH is 2. The van der Waals surface area contributed by atoms with Crippen molar-refractivity contribution in [2.45, 2.75) is 98.9 Å². The molecule has 1 fully saturated rings. The van der Waals surface area contributed by atoms with E-state index in [0.29, 0.717) is 6.42 Å². The highest BCUT2D eigenvalue weighted by Crippen LogP contribution is 2.33. The predicted molar refractivity (Wildman–Crippen MR) is 141 cm³/mol. The number of rotatable bonds is 2. The Morgan fingerprint density at radius 3 is 2.51 bits per heavy atom. The van der Waals surface area contributed by atoms with Gasteiger partial charge < -0.3 is 14.9 Å². The highest BCUT2D eigenvalue weighted by atomic mass is 32.1. The van der Waals surface area contributed by atoms with Gasteiger partial charge in [0.1, 0.15) is 11.9 Å². The standard InChI is InChI=1S/C28H43NO5S/c1-16-10-9-11-17(2)26(32)20(5)27(33)28(7,8)24(30)14-25(31)34-23(13-18(16)3)19(4)12-22-15-35-21(6)29-22/h12,15,17-18,20,23-24,26,30,32H,1,9-11,13-14H2,2-8H3/b19-12+/t17-,18-,20+,23-,24-,26-/m0/s1. The van der Waals surface area contributed by atoms with Crippen molar-refractivity contribution in [3.63, 3.8) is 0 Å². The number of carbonyl (C=O) groups excluding carboxylic acids is 2. The third kappa shape index (κ3) is 7.83. The summed E-state index contributed by atoms with van der Waals surface area (Å²) < 4.78 is 5.88. The van der Waals surface area contributed by atoms with Gasteiger partial charge in [-0.25, -0.2) is 4.98 Å². The van der Waals surface area contributed by atoms with Gasteiger partial charge in [0.05, 0.1) is 34.7 Å². The Labute approximate surface area is 214 Å². The second-order valence-electron chi connectivity index (χ2n) is 10.9. The first-order valence-electron chi connectivity index (χ1n) is 12.6. The smallest absolute Gasteiger partial charge is 0.309 e. The molecule has 0 aromatic carbocycles. The molecule has 1 aliphatic heterocycles. The van der Waals surface area contributed by atoms with Crippen LogP contribution in [0.5, 0.6) is 0 Å². The van der Waals surface area contributed by atoms with E-state index in [2.05, 4.69) is 18.5 Å².